The second-order valence-corrected chi connectivity index (χ2v) is 9.23. The number of hydrogen-bond donors (Lipinski definition) is 0. The van der Waals surface area contributed by atoms with Gasteiger partial charge in [-0.3, -0.25) is 9.36 Å². The van der Waals surface area contributed by atoms with Crippen LogP contribution >= 0.6 is 0 Å². The van der Waals surface area contributed by atoms with E-state index in [2.05, 4.69) is 36.2 Å². The summed E-state index contributed by atoms with van der Waals surface area (Å²) in [5.74, 6) is 2.39. The Kier molecular flexibility index (Phi) is 5.03. The van der Waals surface area contributed by atoms with Crippen LogP contribution in [0.4, 0.5) is 4.39 Å². The highest BCUT2D eigenvalue weighted by Crippen LogP contribution is 2.54. The molecule has 6 heteroatoms. The molecule has 0 amide bonds. The van der Waals surface area contributed by atoms with Crippen molar-refractivity contribution in [2.75, 3.05) is 6.61 Å². The van der Waals surface area contributed by atoms with Gasteiger partial charge in [-0.15, -0.1) is 0 Å². The molecular weight excluding hydrogens is 383 g/mol. The lowest BCUT2D eigenvalue weighted by atomic mass is 9.53. The summed E-state index contributed by atoms with van der Waals surface area (Å²) in [5.41, 5.74) is 1.53. The van der Waals surface area contributed by atoms with Crippen LogP contribution in [0.25, 0.3) is 0 Å². The summed E-state index contributed by atoms with van der Waals surface area (Å²) >= 11 is 0. The first-order valence-electron chi connectivity index (χ1n) is 11.1. The lowest BCUT2D eigenvalue weighted by molar-refractivity contribution is 0.0666. The Balaban J connectivity index is 1.25. The maximum Gasteiger partial charge on any atom is 0.300 e. The van der Waals surface area contributed by atoms with Crippen molar-refractivity contribution >= 4 is 0 Å². The minimum absolute atomic E-state index is 0.177. The zero-order valence-electron chi connectivity index (χ0n) is 17.5. The Hall–Kier alpha value is -2.37. The average Bonchev–Trinajstić information content (AvgIpc) is 3.14. The van der Waals surface area contributed by atoms with Crippen LogP contribution in [0.2, 0.25) is 0 Å². The number of alkyl halides is 1. The lowest BCUT2D eigenvalue weighted by Gasteiger charge is -2.52. The number of nitrogens with zero attached hydrogens (tertiary/aromatic N) is 2. The minimum atomic E-state index is -0.718. The number of ether oxygens (including phenoxy) is 2. The second kappa shape index (κ2) is 7.71. The molecule has 160 valence electrons. The highest BCUT2D eigenvalue weighted by Gasteiger charge is 2.46. The van der Waals surface area contributed by atoms with Crippen molar-refractivity contribution in [1.82, 2.24) is 9.55 Å². The highest BCUT2D eigenvalue weighted by molar-refractivity contribution is 5.34. The van der Waals surface area contributed by atoms with Crippen LogP contribution in [0.1, 0.15) is 56.7 Å². The number of hydrogen-bond acceptors (Lipinski definition) is 4. The van der Waals surface area contributed by atoms with Crippen molar-refractivity contribution in [2.24, 2.45) is 11.8 Å². The molecule has 0 radical (unpaired) electrons. The largest absolute Gasteiger partial charge is 0.490 e. The van der Waals surface area contributed by atoms with E-state index in [0.29, 0.717) is 18.8 Å². The Morgan fingerprint density at radius 3 is 2.47 bits per heavy atom. The summed E-state index contributed by atoms with van der Waals surface area (Å²) in [4.78, 5) is 15.4. The van der Waals surface area contributed by atoms with Gasteiger partial charge in [0.05, 0.1) is 12.2 Å². The van der Waals surface area contributed by atoms with Gasteiger partial charge < -0.3 is 9.47 Å². The monoisotopic (exact) mass is 412 g/mol. The fraction of sp³-hybridized carbons (Fsp3) is 0.583. The van der Waals surface area contributed by atoms with Gasteiger partial charge >= 0.3 is 6.01 Å². The van der Waals surface area contributed by atoms with E-state index in [1.54, 1.807) is 4.57 Å². The summed E-state index contributed by atoms with van der Waals surface area (Å²) < 4.78 is 26.4. The Labute approximate surface area is 176 Å². The molecule has 1 aromatic carbocycles. The maximum atomic E-state index is 13.2. The highest BCUT2D eigenvalue weighted by atomic mass is 19.1. The first-order valence-corrected chi connectivity index (χ1v) is 11.1. The van der Waals surface area contributed by atoms with Gasteiger partial charge in [-0.05, 0) is 60.6 Å². The van der Waals surface area contributed by atoms with Crippen LogP contribution < -0.4 is 15.0 Å². The van der Waals surface area contributed by atoms with Gasteiger partial charge in [-0.2, -0.15) is 4.98 Å². The standard InChI is InChI=1S/C24H29FN2O3/c1-24(16-4-2-5-17(24)7-3-6-16)18-8-10-20(11-9-18)29-15-21-14-27-19(13-25)12-22(28)26-23(27)30-21/h8-12,16-17,21H,2-7,13-15H2,1H3. The zero-order valence-corrected chi connectivity index (χ0v) is 17.5. The molecule has 2 fully saturated rings. The normalized spacial score (nSPS) is 29.9. The molecule has 0 saturated heterocycles. The zero-order chi connectivity index (χ0) is 20.7. The molecule has 1 aromatic heterocycles. The Morgan fingerprint density at radius 2 is 1.83 bits per heavy atom. The van der Waals surface area contributed by atoms with Crippen LogP contribution in [0.3, 0.4) is 0 Å². The topological polar surface area (TPSA) is 53.4 Å². The van der Waals surface area contributed by atoms with Gasteiger partial charge in [0.2, 0.25) is 0 Å². The van der Waals surface area contributed by atoms with E-state index in [1.165, 1.54) is 50.2 Å². The first-order chi connectivity index (χ1) is 14.6. The second-order valence-electron chi connectivity index (χ2n) is 9.23. The molecular formula is C24H29FN2O3. The SMILES string of the molecule is CC1(c2ccc(OCC3Cn4c(CF)cc(=O)nc4O3)cc2)C2CCCC1CCC2. The molecule has 2 aliphatic carbocycles. The molecule has 2 bridgehead atoms. The molecule has 5 rings (SSSR count). The molecule has 30 heavy (non-hydrogen) atoms. The number of rotatable bonds is 5. The van der Waals surface area contributed by atoms with Gasteiger partial charge in [0.25, 0.3) is 5.56 Å². The van der Waals surface area contributed by atoms with E-state index in [0.717, 1.165) is 17.6 Å². The summed E-state index contributed by atoms with van der Waals surface area (Å²) in [7, 11) is 0. The number of benzene rings is 1. The molecule has 2 saturated carbocycles. The molecule has 1 atom stereocenters. The van der Waals surface area contributed by atoms with E-state index in [4.69, 9.17) is 9.47 Å². The van der Waals surface area contributed by atoms with Crippen molar-refractivity contribution in [3.8, 4) is 11.8 Å². The predicted octanol–water partition coefficient (Wildman–Crippen LogP) is 4.41. The van der Waals surface area contributed by atoms with Crippen LogP contribution in [0, 0.1) is 11.8 Å². The van der Waals surface area contributed by atoms with Gasteiger partial charge in [-0.25, -0.2) is 4.39 Å². The summed E-state index contributed by atoms with van der Waals surface area (Å²) in [5, 5.41) is 0. The molecule has 0 spiro atoms. The number of fused-ring (bicyclic) bond motifs is 3. The van der Waals surface area contributed by atoms with Crippen molar-refractivity contribution in [1.29, 1.82) is 0 Å². The van der Waals surface area contributed by atoms with Gasteiger partial charge in [0.1, 0.15) is 19.0 Å². The molecule has 0 N–H and O–H groups in total. The fourth-order valence-corrected chi connectivity index (χ4v) is 6.02. The van der Waals surface area contributed by atoms with Crippen LogP contribution in [0.15, 0.2) is 35.1 Å². The van der Waals surface area contributed by atoms with Crippen LogP contribution in [-0.2, 0) is 18.6 Å². The maximum absolute atomic E-state index is 13.2. The van der Waals surface area contributed by atoms with Crippen molar-refractivity contribution in [3.05, 3.63) is 51.9 Å². The van der Waals surface area contributed by atoms with E-state index < -0.39 is 12.2 Å². The third-order valence-corrected chi connectivity index (χ3v) is 7.69. The molecule has 5 nitrogen and oxygen atoms in total. The fourth-order valence-electron chi connectivity index (χ4n) is 6.02. The average molecular weight is 413 g/mol. The first kappa shape index (κ1) is 19.6. The van der Waals surface area contributed by atoms with Crippen molar-refractivity contribution in [2.45, 2.75) is 70.2 Å². The van der Waals surface area contributed by atoms with Crippen molar-refractivity contribution in [3.63, 3.8) is 0 Å². The summed E-state index contributed by atoms with van der Waals surface area (Å²) in [6.07, 6.45) is 7.86. The number of aromatic nitrogens is 2. The molecule has 3 aliphatic rings. The smallest absolute Gasteiger partial charge is 0.300 e. The summed E-state index contributed by atoms with van der Waals surface area (Å²) in [6.45, 7) is 2.51. The quantitative estimate of drug-likeness (QED) is 0.730. The Morgan fingerprint density at radius 1 is 1.17 bits per heavy atom. The Bertz CT molecular complexity index is 949. The minimum Gasteiger partial charge on any atom is -0.490 e. The van der Waals surface area contributed by atoms with E-state index in [1.807, 2.05) is 0 Å². The van der Waals surface area contributed by atoms with Crippen LogP contribution in [0.5, 0.6) is 11.8 Å². The third-order valence-electron chi connectivity index (χ3n) is 7.69. The van der Waals surface area contributed by atoms with Gasteiger partial charge in [0.15, 0.2) is 6.10 Å². The lowest BCUT2D eigenvalue weighted by Crippen LogP contribution is -2.45. The van der Waals surface area contributed by atoms with E-state index in [-0.39, 0.29) is 17.5 Å². The number of halogens is 1. The molecule has 1 unspecified atom stereocenters. The molecule has 2 heterocycles. The van der Waals surface area contributed by atoms with E-state index >= 15 is 0 Å². The predicted molar refractivity (Wildman–Crippen MR) is 112 cm³/mol. The van der Waals surface area contributed by atoms with Crippen molar-refractivity contribution < 1.29 is 13.9 Å². The summed E-state index contributed by atoms with van der Waals surface area (Å²) in [6, 6.07) is 9.98. The molecule has 1 aliphatic heterocycles. The van der Waals surface area contributed by atoms with Gasteiger partial charge in [-0.1, -0.05) is 31.9 Å². The molecule has 2 aromatic rings. The van der Waals surface area contributed by atoms with Gasteiger partial charge in [0, 0.05) is 6.07 Å². The van der Waals surface area contributed by atoms with E-state index in [9.17, 15) is 9.18 Å². The third kappa shape index (κ3) is 3.30. The van der Waals surface area contributed by atoms with Crippen LogP contribution in [-0.4, -0.2) is 22.3 Å².